The first-order chi connectivity index (χ1) is 13.8. The summed E-state index contributed by atoms with van der Waals surface area (Å²) in [6, 6.07) is 14.0. The van der Waals surface area contributed by atoms with Crippen LogP contribution in [0.4, 0.5) is 0 Å². The summed E-state index contributed by atoms with van der Waals surface area (Å²) in [5.41, 5.74) is 1.42. The quantitative estimate of drug-likeness (QED) is 0.700. The molecule has 0 aliphatic rings. The van der Waals surface area contributed by atoms with E-state index in [9.17, 15) is 14.4 Å². The number of rotatable bonds is 6. The Balaban J connectivity index is 2.19. The Hall–Kier alpha value is -3.15. The third kappa shape index (κ3) is 4.31. The van der Waals surface area contributed by atoms with Crippen molar-refractivity contribution in [2.24, 2.45) is 5.92 Å². The van der Waals surface area contributed by atoms with Gasteiger partial charge in [0, 0.05) is 6.54 Å². The highest BCUT2D eigenvalue weighted by Crippen LogP contribution is 2.16. The Kier molecular flexibility index (Phi) is 6.01. The van der Waals surface area contributed by atoms with Gasteiger partial charge in [0.25, 0.3) is 5.56 Å². The van der Waals surface area contributed by atoms with E-state index < -0.39 is 11.7 Å². The van der Waals surface area contributed by atoms with Gasteiger partial charge in [-0.15, -0.1) is 0 Å². The third-order valence-electron chi connectivity index (χ3n) is 4.96. The standard InChI is InChI=1S/C23H27N3O3/c1-15(2)13-24-21(27)17(4)26-20-11-10-16(3)12-19(20)22(28)25(23(26)29)14-18-8-6-5-7-9-18/h5-12,15,17H,13-14H2,1-4H3,(H,24,27)/t17-/m1/s1. The molecule has 6 heteroatoms. The first kappa shape index (κ1) is 20.6. The Morgan fingerprint density at radius 3 is 2.38 bits per heavy atom. The lowest BCUT2D eigenvalue weighted by Crippen LogP contribution is -2.45. The van der Waals surface area contributed by atoms with Crippen LogP contribution in [0.25, 0.3) is 10.9 Å². The summed E-state index contributed by atoms with van der Waals surface area (Å²) in [6.45, 7) is 8.29. The maximum absolute atomic E-state index is 13.3. The van der Waals surface area contributed by atoms with Gasteiger partial charge in [0.2, 0.25) is 5.91 Å². The van der Waals surface area contributed by atoms with Crippen molar-refractivity contribution in [1.29, 1.82) is 0 Å². The number of amides is 1. The van der Waals surface area contributed by atoms with Crippen molar-refractivity contribution in [1.82, 2.24) is 14.5 Å². The smallest absolute Gasteiger partial charge is 0.332 e. The molecule has 0 unspecified atom stereocenters. The van der Waals surface area contributed by atoms with E-state index in [0.717, 1.165) is 11.1 Å². The predicted octanol–water partition coefficient (Wildman–Crippen LogP) is 2.85. The van der Waals surface area contributed by atoms with E-state index >= 15 is 0 Å². The van der Waals surface area contributed by atoms with Gasteiger partial charge in [-0.25, -0.2) is 4.79 Å². The van der Waals surface area contributed by atoms with Crippen molar-refractivity contribution in [3.8, 4) is 0 Å². The molecule has 1 heterocycles. The lowest BCUT2D eigenvalue weighted by Gasteiger charge is -2.20. The molecule has 0 bridgehead atoms. The highest BCUT2D eigenvalue weighted by Gasteiger charge is 2.22. The van der Waals surface area contributed by atoms with Crippen LogP contribution in [0.15, 0.2) is 58.1 Å². The number of fused-ring (bicyclic) bond motifs is 1. The average Bonchev–Trinajstić information content (AvgIpc) is 2.70. The lowest BCUT2D eigenvalue weighted by atomic mass is 10.1. The maximum Gasteiger partial charge on any atom is 0.332 e. The number of carbonyl (C=O) groups excluding carboxylic acids is 1. The zero-order valence-corrected chi connectivity index (χ0v) is 17.3. The molecule has 0 spiro atoms. The number of carbonyl (C=O) groups is 1. The number of benzene rings is 2. The molecule has 1 N–H and O–H groups in total. The number of hydrogen-bond donors (Lipinski definition) is 1. The SMILES string of the molecule is Cc1ccc2c(c1)c(=O)n(Cc1ccccc1)c(=O)n2[C@H](C)C(=O)NCC(C)C. The fraction of sp³-hybridized carbons (Fsp3) is 0.348. The van der Waals surface area contributed by atoms with Gasteiger partial charge < -0.3 is 5.32 Å². The van der Waals surface area contributed by atoms with Crippen molar-refractivity contribution >= 4 is 16.8 Å². The van der Waals surface area contributed by atoms with E-state index in [4.69, 9.17) is 0 Å². The molecule has 0 radical (unpaired) electrons. The molecule has 0 saturated heterocycles. The fourth-order valence-electron chi connectivity index (χ4n) is 3.35. The van der Waals surface area contributed by atoms with Gasteiger partial charge in [0.15, 0.2) is 0 Å². The molecule has 2 aromatic carbocycles. The second kappa shape index (κ2) is 8.47. The summed E-state index contributed by atoms with van der Waals surface area (Å²) in [5, 5.41) is 3.32. The van der Waals surface area contributed by atoms with E-state index in [1.807, 2.05) is 57.2 Å². The number of hydrogen-bond acceptors (Lipinski definition) is 3. The number of aryl methyl sites for hydroxylation is 1. The van der Waals surface area contributed by atoms with Crippen LogP contribution in [0.2, 0.25) is 0 Å². The van der Waals surface area contributed by atoms with E-state index in [1.165, 1.54) is 9.13 Å². The van der Waals surface area contributed by atoms with Crippen molar-refractivity contribution in [2.45, 2.75) is 40.3 Å². The number of nitrogens with zero attached hydrogens (tertiary/aromatic N) is 2. The maximum atomic E-state index is 13.3. The lowest BCUT2D eigenvalue weighted by molar-refractivity contribution is -0.124. The van der Waals surface area contributed by atoms with E-state index in [2.05, 4.69) is 5.32 Å². The molecule has 6 nitrogen and oxygen atoms in total. The molecule has 152 valence electrons. The van der Waals surface area contributed by atoms with Crippen LogP contribution >= 0.6 is 0 Å². The molecule has 0 aliphatic carbocycles. The van der Waals surface area contributed by atoms with E-state index in [1.54, 1.807) is 19.1 Å². The van der Waals surface area contributed by atoms with Crippen LogP contribution in [0.1, 0.15) is 37.9 Å². The molecular weight excluding hydrogens is 366 g/mol. The summed E-state index contributed by atoms with van der Waals surface area (Å²) in [5.74, 6) is 0.0573. The predicted molar refractivity (Wildman–Crippen MR) is 115 cm³/mol. The molecule has 3 aromatic rings. The van der Waals surface area contributed by atoms with Crippen molar-refractivity contribution in [3.63, 3.8) is 0 Å². The first-order valence-corrected chi connectivity index (χ1v) is 9.87. The molecule has 1 aromatic heterocycles. The Morgan fingerprint density at radius 2 is 1.72 bits per heavy atom. The number of nitrogens with one attached hydrogen (secondary N) is 1. The Labute approximate surface area is 169 Å². The van der Waals surface area contributed by atoms with Crippen LogP contribution in [-0.4, -0.2) is 21.6 Å². The summed E-state index contributed by atoms with van der Waals surface area (Å²) in [6.07, 6.45) is 0. The average molecular weight is 393 g/mol. The van der Waals surface area contributed by atoms with Gasteiger partial charge in [0.05, 0.1) is 17.4 Å². The zero-order chi connectivity index (χ0) is 21.1. The normalized spacial score (nSPS) is 12.3. The first-order valence-electron chi connectivity index (χ1n) is 9.87. The van der Waals surface area contributed by atoms with E-state index in [0.29, 0.717) is 23.4 Å². The summed E-state index contributed by atoms with van der Waals surface area (Å²) in [7, 11) is 0. The zero-order valence-electron chi connectivity index (χ0n) is 17.3. The van der Waals surface area contributed by atoms with Crippen molar-refractivity contribution < 1.29 is 4.79 Å². The van der Waals surface area contributed by atoms with Crippen LogP contribution in [0.3, 0.4) is 0 Å². The molecular formula is C23H27N3O3. The largest absolute Gasteiger partial charge is 0.354 e. The Morgan fingerprint density at radius 1 is 1.03 bits per heavy atom. The highest BCUT2D eigenvalue weighted by atomic mass is 16.2. The molecule has 1 atom stereocenters. The third-order valence-corrected chi connectivity index (χ3v) is 4.96. The van der Waals surface area contributed by atoms with Gasteiger partial charge in [0.1, 0.15) is 6.04 Å². The molecule has 29 heavy (non-hydrogen) atoms. The van der Waals surface area contributed by atoms with Gasteiger partial charge in [-0.2, -0.15) is 0 Å². The van der Waals surface area contributed by atoms with Crippen LogP contribution in [-0.2, 0) is 11.3 Å². The van der Waals surface area contributed by atoms with Gasteiger partial charge in [-0.3, -0.25) is 18.7 Å². The fourth-order valence-corrected chi connectivity index (χ4v) is 3.35. The van der Waals surface area contributed by atoms with Gasteiger partial charge in [-0.1, -0.05) is 55.8 Å². The van der Waals surface area contributed by atoms with Crippen molar-refractivity contribution in [2.75, 3.05) is 6.54 Å². The van der Waals surface area contributed by atoms with Crippen molar-refractivity contribution in [3.05, 3.63) is 80.5 Å². The summed E-state index contributed by atoms with van der Waals surface area (Å²) >= 11 is 0. The second-order valence-corrected chi connectivity index (χ2v) is 7.87. The molecule has 3 rings (SSSR count). The van der Waals surface area contributed by atoms with Crippen LogP contribution < -0.4 is 16.6 Å². The summed E-state index contributed by atoms with van der Waals surface area (Å²) < 4.78 is 2.64. The van der Waals surface area contributed by atoms with Gasteiger partial charge in [-0.05, 0) is 37.5 Å². The highest BCUT2D eigenvalue weighted by molar-refractivity contribution is 5.84. The number of aromatic nitrogens is 2. The second-order valence-electron chi connectivity index (χ2n) is 7.87. The molecule has 0 aliphatic heterocycles. The molecule has 1 amide bonds. The minimum Gasteiger partial charge on any atom is -0.354 e. The Bertz CT molecular complexity index is 1140. The molecule has 0 fully saturated rings. The minimum atomic E-state index is -0.742. The summed E-state index contributed by atoms with van der Waals surface area (Å²) in [4.78, 5) is 39.1. The molecule has 0 saturated carbocycles. The van der Waals surface area contributed by atoms with E-state index in [-0.39, 0.29) is 18.0 Å². The van der Waals surface area contributed by atoms with Gasteiger partial charge >= 0.3 is 5.69 Å². The minimum absolute atomic E-state index is 0.155. The topological polar surface area (TPSA) is 73.1 Å². The monoisotopic (exact) mass is 393 g/mol. The van der Waals surface area contributed by atoms with Crippen LogP contribution in [0, 0.1) is 12.8 Å². The van der Waals surface area contributed by atoms with Crippen LogP contribution in [0.5, 0.6) is 0 Å².